The second-order valence-corrected chi connectivity index (χ2v) is 17.7. The van der Waals surface area contributed by atoms with Gasteiger partial charge in [0.15, 0.2) is 5.84 Å². The van der Waals surface area contributed by atoms with Crippen LogP contribution < -0.4 is 5.43 Å². The number of urea groups is 1. The first-order valence-electron chi connectivity index (χ1n) is 13.8. The summed E-state index contributed by atoms with van der Waals surface area (Å²) in [6, 6.07) is 8.33. The van der Waals surface area contributed by atoms with E-state index in [4.69, 9.17) is 14.1 Å². The Kier molecular flexibility index (Phi) is 8.16. The highest BCUT2D eigenvalue weighted by Crippen LogP contribution is 2.45. The average molecular weight is 586 g/mol. The molecule has 1 aromatic carbocycles. The smallest absolute Gasteiger partial charge is 0.426 e. The minimum atomic E-state index is -2.37. The Balaban J connectivity index is 1.72. The summed E-state index contributed by atoms with van der Waals surface area (Å²) in [5, 5.41) is 11.9. The van der Waals surface area contributed by atoms with Gasteiger partial charge in [-0.15, -0.1) is 0 Å². The van der Waals surface area contributed by atoms with Crippen molar-refractivity contribution in [2.45, 2.75) is 84.0 Å². The van der Waals surface area contributed by atoms with Gasteiger partial charge >= 0.3 is 12.1 Å². The van der Waals surface area contributed by atoms with Crippen molar-refractivity contribution in [3.05, 3.63) is 53.3 Å². The number of hydrogen-bond acceptors (Lipinski definition) is 7. The number of hydrazine groups is 1. The van der Waals surface area contributed by atoms with E-state index < -0.39 is 26.1 Å². The molecule has 0 aliphatic carbocycles. The van der Waals surface area contributed by atoms with Crippen molar-refractivity contribution in [1.82, 2.24) is 30.2 Å². The summed E-state index contributed by atoms with van der Waals surface area (Å²) in [4.78, 5) is 34.4. The molecule has 1 saturated heterocycles. The first-order chi connectivity index (χ1) is 19.0. The number of rotatable bonds is 6. The standard InChI is InChI=1S/C28H43N7O5Si/c1-27(2,3)39-25(36)30-33(8)24(31-40-41(9,10)28(4,5)6)23-22-20(16-29-32(22)7)21-17-34(23)26(37)35(21)38-18-19-14-12-11-13-15-19/h11-16,21,23H,17-18H2,1-10H3,(H,30,36)/b31-24-/t21-,23+/m1/s1. The van der Waals surface area contributed by atoms with Crippen LogP contribution in [0.15, 0.2) is 41.7 Å². The fourth-order valence-corrected chi connectivity index (χ4v) is 5.05. The summed E-state index contributed by atoms with van der Waals surface area (Å²) in [7, 11) is 1.12. The molecule has 0 saturated carbocycles. The molecule has 0 spiro atoms. The summed E-state index contributed by atoms with van der Waals surface area (Å²) >= 11 is 0. The number of nitrogens with zero attached hydrogens (tertiary/aromatic N) is 6. The number of aryl methyl sites for hydroxylation is 1. The number of amidine groups is 1. The molecule has 13 heteroatoms. The zero-order valence-corrected chi connectivity index (χ0v) is 26.8. The molecule has 41 heavy (non-hydrogen) atoms. The van der Waals surface area contributed by atoms with Crippen molar-refractivity contribution in [2.75, 3.05) is 13.6 Å². The molecule has 4 rings (SSSR count). The van der Waals surface area contributed by atoms with Crippen molar-refractivity contribution in [3.63, 3.8) is 0 Å². The Hall–Kier alpha value is -3.58. The minimum Gasteiger partial charge on any atom is -0.453 e. The van der Waals surface area contributed by atoms with E-state index in [1.54, 1.807) is 43.6 Å². The van der Waals surface area contributed by atoms with Crippen LogP contribution in [-0.2, 0) is 27.8 Å². The minimum absolute atomic E-state index is 0.125. The summed E-state index contributed by atoms with van der Waals surface area (Å²) in [6.45, 7) is 16.5. The molecule has 224 valence electrons. The second kappa shape index (κ2) is 11.0. The van der Waals surface area contributed by atoms with Gasteiger partial charge in [-0.25, -0.2) is 15.0 Å². The van der Waals surface area contributed by atoms with Crippen LogP contribution in [0.2, 0.25) is 18.1 Å². The lowest BCUT2D eigenvalue weighted by Crippen LogP contribution is -2.52. The van der Waals surface area contributed by atoms with Crippen molar-refractivity contribution in [3.8, 4) is 0 Å². The quantitative estimate of drug-likeness (QED) is 0.217. The molecule has 12 nitrogen and oxygen atoms in total. The van der Waals surface area contributed by atoms with E-state index in [0.29, 0.717) is 12.4 Å². The molecule has 1 fully saturated rings. The fraction of sp³-hybridized carbons (Fsp3) is 0.571. The first-order valence-corrected chi connectivity index (χ1v) is 16.7. The highest BCUT2D eigenvalue weighted by Gasteiger charge is 2.53. The van der Waals surface area contributed by atoms with Gasteiger partial charge < -0.3 is 14.2 Å². The summed E-state index contributed by atoms with van der Waals surface area (Å²) in [5.41, 5.74) is 4.60. The van der Waals surface area contributed by atoms with Crippen LogP contribution in [-0.4, -0.2) is 70.2 Å². The number of ether oxygens (including phenoxy) is 1. The Morgan fingerprint density at radius 1 is 1.17 bits per heavy atom. The van der Waals surface area contributed by atoms with Crippen molar-refractivity contribution in [2.24, 2.45) is 12.2 Å². The van der Waals surface area contributed by atoms with Gasteiger partial charge in [0, 0.05) is 19.7 Å². The predicted octanol–water partition coefficient (Wildman–Crippen LogP) is 5.09. The number of fused-ring (bicyclic) bond motifs is 4. The number of amides is 3. The van der Waals surface area contributed by atoms with Gasteiger partial charge in [-0.2, -0.15) is 10.2 Å². The number of hydroxylamine groups is 2. The molecule has 3 amide bonds. The molecule has 1 N–H and O–H groups in total. The van der Waals surface area contributed by atoms with E-state index >= 15 is 0 Å². The average Bonchev–Trinajstić information content (AvgIpc) is 3.37. The number of carbonyl (C=O) groups is 2. The van der Waals surface area contributed by atoms with Crippen LogP contribution in [0.4, 0.5) is 9.59 Å². The maximum Gasteiger partial charge on any atom is 0.426 e. The lowest BCUT2D eigenvalue weighted by molar-refractivity contribution is -0.141. The number of aromatic nitrogens is 2. The third-order valence-corrected chi connectivity index (χ3v) is 11.8. The molecular formula is C28H43N7O5Si. The Labute approximate surface area is 243 Å². The van der Waals surface area contributed by atoms with Gasteiger partial charge in [-0.1, -0.05) is 56.3 Å². The Morgan fingerprint density at radius 2 is 1.83 bits per heavy atom. The topological polar surface area (TPSA) is 114 Å². The monoisotopic (exact) mass is 585 g/mol. The molecule has 0 radical (unpaired) electrons. The van der Waals surface area contributed by atoms with Crippen molar-refractivity contribution >= 4 is 26.3 Å². The summed E-state index contributed by atoms with van der Waals surface area (Å²) in [6.07, 6.45) is 1.11. The third-order valence-electron chi connectivity index (χ3n) is 7.66. The molecular weight excluding hydrogens is 542 g/mol. The van der Waals surface area contributed by atoms with Gasteiger partial charge in [0.1, 0.15) is 24.3 Å². The zero-order chi connectivity index (χ0) is 30.3. The van der Waals surface area contributed by atoms with E-state index in [1.165, 1.54) is 10.1 Å². The van der Waals surface area contributed by atoms with Gasteiger partial charge in [-0.3, -0.25) is 14.5 Å². The maximum absolute atomic E-state index is 13.9. The van der Waals surface area contributed by atoms with Crippen LogP contribution in [0.25, 0.3) is 0 Å². The molecule has 2 atom stereocenters. The molecule has 2 aliphatic rings. The predicted molar refractivity (Wildman–Crippen MR) is 157 cm³/mol. The number of oxime groups is 1. The highest BCUT2D eigenvalue weighted by atomic mass is 28.4. The summed E-state index contributed by atoms with van der Waals surface area (Å²) < 4.78 is 13.5. The number of hydrogen-bond donors (Lipinski definition) is 1. The highest BCUT2D eigenvalue weighted by molar-refractivity contribution is 6.74. The molecule has 2 aromatic rings. The second-order valence-electron chi connectivity index (χ2n) is 13.0. The van der Waals surface area contributed by atoms with E-state index in [-0.39, 0.29) is 23.7 Å². The number of likely N-dealkylation sites (N-methyl/N-ethyl adjacent to an activating group) is 1. The van der Waals surface area contributed by atoms with Crippen LogP contribution in [0.1, 0.15) is 70.4 Å². The van der Waals surface area contributed by atoms with Gasteiger partial charge in [-0.05, 0) is 44.5 Å². The Morgan fingerprint density at radius 3 is 2.44 bits per heavy atom. The lowest BCUT2D eigenvalue weighted by Gasteiger charge is -2.37. The van der Waals surface area contributed by atoms with Crippen molar-refractivity contribution in [1.29, 1.82) is 0 Å². The molecule has 1 aromatic heterocycles. The van der Waals surface area contributed by atoms with Crippen LogP contribution in [0, 0.1) is 0 Å². The molecule has 2 bridgehead atoms. The first kappa shape index (κ1) is 30.4. The number of nitrogens with one attached hydrogen (secondary N) is 1. The number of carbonyl (C=O) groups excluding carboxylic acids is 2. The third kappa shape index (κ3) is 6.35. The van der Waals surface area contributed by atoms with Crippen LogP contribution in [0.3, 0.4) is 0 Å². The molecule has 0 unspecified atom stereocenters. The fourth-order valence-electron chi connectivity index (χ4n) is 4.45. The van der Waals surface area contributed by atoms with Gasteiger partial charge in [0.2, 0.25) is 0 Å². The Bertz CT molecular complexity index is 1300. The maximum atomic E-state index is 13.9. The van der Waals surface area contributed by atoms with E-state index in [9.17, 15) is 9.59 Å². The molecule has 3 heterocycles. The van der Waals surface area contributed by atoms with E-state index in [1.807, 2.05) is 37.4 Å². The zero-order valence-electron chi connectivity index (χ0n) is 25.8. The largest absolute Gasteiger partial charge is 0.453 e. The normalized spacial score (nSPS) is 19.3. The SMILES string of the molecule is CN(NC(=O)OC(C)(C)C)/C(=N\O[Si](C)(C)C(C)(C)C)[C@@H]1c2c(cnn2C)[C@H]2CN1C(=O)N2OCc1ccccc1. The van der Waals surface area contributed by atoms with Gasteiger partial charge in [0.25, 0.3) is 8.32 Å². The van der Waals surface area contributed by atoms with Crippen molar-refractivity contribution < 1.29 is 23.7 Å². The van der Waals surface area contributed by atoms with Crippen LogP contribution >= 0.6 is 0 Å². The molecule has 2 aliphatic heterocycles. The van der Waals surface area contributed by atoms with E-state index in [2.05, 4.69) is 49.5 Å². The van der Waals surface area contributed by atoms with Crippen LogP contribution in [0.5, 0.6) is 0 Å². The van der Waals surface area contributed by atoms with Gasteiger partial charge in [0.05, 0.1) is 18.4 Å². The van der Waals surface area contributed by atoms with E-state index in [0.717, 1.165) is 16.8 Å². The number of benzene rings is 1. The lowest BCUT2D eigenvalue weighted by atomic mass is 9.97. The summed E-state index contributed by atoms with van der Waals surface area (Å²) in [5.74, 6) is 0.322.